The number of anilines is 2. The van der Waals surface area contributed by atoms with Crippen molar-refractivity contribution in [1.82, 2.24) is 14.9 Å². The van der Waals surface area contributed by atoms with Gasteiger partial charge < -0.3 is 19.9 Å². The van der Waals surface area contributed by atoms with Gasteiger partial charge in [0.1, 0.15) is 11.6 Å². The number of aromatic nitrogens is 2. The maximum atomic E-state index is 10.8. The number of piperazine rings is 1. The van der Waals surface area contributed by atoms with Gasteiger partial charge in [0, 0.05) is 38.9 Å². The summed E-state index contributed by atoms with van der Waals surface area (Å²) in [6.07, 6.45) is 3.55. The van der Waals surface area contributed by atoms with Crippen molar-refractivity contribution in [2.24, 2.45) is 0 Å². The third-order valence-electron chi connectivity index (χ3n) is 4.24. The molecular formula is C18H23N5O2. The standard InChI is InChI=1S/C18H23N5O2/c1-25-16-4-2-3-15(13-16)5-7-19-17-6-8-20-18(21-17)23-11-9-22(14-24)10-12-23/h2-4,6,8,13-14H,5,7,9-12H2,1H3,(H,19,20,21). The quantitative estimate of drug-likeness (QED) is 0.768. The second kappa shape index (κ2) is 8.32. The third kappa shape index (κ3) is 4.59. The lowest BCUT2D eigenvalue weighted by atomic mass is 10.1. The van der Waals surface area contributed by atoms with Crippen molar-refractivity contribution in [3.8, 4) is 5.75 Å². The summed E-state index contributed by atoms with van der Waals surface area (Å²) < 4.78 is 5.25. The van der Waals surface area contributed by atoms with Crippen LogP contribution in [0, 0.1) is 0 Å². The molecule has 1 aromatic heterocycles. The topological polar surface area (TPSA) is 70.6 Å². The van der Waals surface area contributed by atoms with Gasteiger partial charge >= 0.3 is 0 Å². The fourth-order valence-corrected chi connectivity index (χ4v) is 2.79. The molecule has 0 bridgehead atoms. The van der Waals surface area contributed by atoms with Crippen molar-refractivity contribution < 1.29 is 9.53 Å². The average Bonchev–Trinajstić information content (AvgIpc) is 2.68. The van der Waals surface area contributed by atoms with Crippen LogP contribution in [0.3, 0.4) is 0 Å². The molecule has 2 aromatic rings. The zero-order valence-electron chi connectivity index (χ0n) is 14.4. The van der Waals surface area contributed by atoms with E-state index in [9.17, 15) is 4.79 Å². The van der Waals surface area contributed by atoms with Gasteiger partial charge in [0.25, 0.3) is 0 Å². The summed E-state index contributed by atoms with van der Waals surface area (Å²) in [6, 6.07) is 9.94. The van der Waals surface area contributed by atoms with Crippen LogP contribution in [0.2, 0.25) is 0 Å². The van der Waals surface area contributed by atoms with Crippen molar-refractivity contribution >= 4 is 18.2 Å². The summed E-state index contributed by atoms with van der Waals surface area (Å²) in [5.41, 5.74) is 1.21. The van der Waals surface area contributed by atoms with Gasteiger partial charge in [-0.25, -0.2) is 4.98 Å². The molecule has 0 saturated carbocycles. The molecule has 1 saturated heterocycles. The summed E-state index contributed by atoms with van der Waals surface area (Å²) in [4.78, 5) is 23.6. The van der Waals surface area contributed by atoms with Crippen LogP contribution in [0.5, 0.6) is 5.75 Å². The first kappa shape index (κ1) is 17.0. The molecule has 1 aliphatic rings. The van der Waals surface area contributed by atoms with E-state index in [1.54, 1.807) is 18.2 Å². The van der Waals surface area contributed by atoms with Crippen LogP contribution < -0.4 is 15.0 Å². The molecule has 1 amide bonds. The monoisotopic (exact) mass is 341 g/mol. The molecule has 0 spiro atoms. The molecule has 1 aliphatic heterocycles. The zero-order chi connectivity index (χ0) is 17.5. The summed E-state index contributed by atoms with van der Waals surface area (Å²) in [5.74, 6) is 2.39. The number of hydrogen-bond donors (Lipinski definition) is 1. The summed E-state index contributed by atoms with van der Waals surface area (Å²) in [6.45, 7) is 3.71. The largest absolute Gasteiger partial charge is 0.497 e. The van der Waals surface area contributed by atoms with E-state index in [1.807, 2.05) is 24.3 Å². The van der Waals surface area contributed by atoms with Crippen LogP contribution in [0.15, 0.2) is 36.5 Å². The number of carbonyl (C=O) groups is 1. The van der Waals surface area contributed by atoms with Crippen LogP contribution in [-0.2, 0) is 11.2 Å². The molecule has 132 valence electrons. The molecule has 1 fully saturated rings. The maximum Gasteiger partial charge on any atom is 0.227 e. The first-order valence-corrected chi connectivity index (χ1v) is 8.42. The number of ether oxygens (including phenoxy) is 1. The second-order valence-electron chi connectivity index (χ2n) is 5.90. The number of amides is 1. The highest BCUT2D eigenvalue weighted by Crippen LogP contribution is 2.15. The summed E-state index contributed by atoms with van der Waals surface area (Å²) in [5, 5.41) is 3.34. The molecule has 0 radical (unpaired) electrons. The van der Waals surface area contributed by atoms with Crippen LogP contribution >= 0.6 is 0 Å². The first-order chi connectivity index (χ1) is 12.3. The lowest BCUT2D eigenvalue weighted by Gasteiger charge is -2.32. The smallest absolute Gasteiger partial charge is 0.227 e. The molecule has 25 heavy (non-hydrogen) atoms. The molecule has 1 N–H and O–H groups in total. The number of carbonyl (C=O) groups excluding carboxylic acids is 1. The highest BCUT2D eigenvalue weighted by molar-refractivity contribution is 5.49. The minimum Gasteiger partial charge on any atom is -0.497 e. The Morgan fingerprint density at radius 2 is 2.08 bits per heavy atom. The molecular weight excluding hydrogens is 318 g/mol. The van der Waals surface area contributed by atoms with Gasteiger partial charge in [-0.3, -0.25) is 4.79 Å². The van der Waals surface area contributed by atoms with Gasteiger partial charge in [0.15, 0.2) is 0 Å². The molecule has 1 aromatic carbocycles. The van der Waals surface area contributed by atoms with Crippen LogP contribution in [0.1, 0.15) is 5.56 Å². The lowest BCUT2D eigenvalue weighted by molar-refractivity contribution is -0.118. The number of nitrogens with one attached hydrogen (secondary N) is 1. The SMILES string of the molecule is COc1cccc(CCNc2ccnc(N3CCN(C=O)CC3)n2)c1. The Kier molecular flexibility index (Phi) is 5.66. The van der Waals surface area contributed by atoms with Crippen LogP contribution in [-0.4, -0.2) is 61.1 Å². The number of methoxy groups -OCH3 is 1. The van der Waals surface area contributed by atoms with E-state index in [1.165, 1.54) is 5.56 Å². The van der Waals surface area contributed by atoms with Gasteiger partial charge in [-0.05, 0) is 30.2 Å². The molecule has 0 aliphatic carbocycles. The van der Waals surface area contributed by atoms with Crippen molar-refractivity contribution in [3.05, 3.63) is 42.1 Å². The zero-order valence-corrected chi connectivity index (χ0v) is 14.4. The Labute approximate surface area is 147 Å². The Morgan fingerprint density at radius 3 is 2.84 bits per heavy atom. The van der Waals surface area contributed by atoms with Crippen LogP contribution in [0.25, 0.3) is 0 Å². The van der Waals surface area contributed by atoms with E-state index >= 15 is 0 Å². The Balaban J connectivity index is 1.54. The summed E-state index contributed by atoms with van der Waals surface area (Å²) in [7, 11) is 1.68. The normalized spacial score (nSPS) is 14.3. The van der Waals surface area contributed by atoms with E-state index in [0.717, 1.165) is 44.0 Å². The molecule has 2 heterocycles. The predicted octanol–water partition coefficient (Wildman–Crippen LogP) is 1.42. The van der Waals surface area contributed by atoms with Crippen molar-refractivity contribution in [1.29, 1.82) is 0 Å². The number of rotatable bonds is 7. The van der Waals surface area contributed by atoms with E-state index in [-0.39, 0.29) is 0 Å². The molecule has 7 heteroatoms. The Hall–Kier alpha value is -2.83. The maximum absolute atomic E-state index is 10.8. The van der Waals surface area contributed by atoms with Crippen molar-refractivity contribution in [3.63, 3.8) is 0 Å². The van der Waals surface area contributed by atoms with Crippen LogP contribution in [0.4, 0.5) is 11.8 Å². The van der Waals surface area contributed by atoms with Gasteiger partial charge in [-0.2, -0.15) is 4.98 Å². The molecule has 0 unspecified atom stereocenters. The van der Waals surface area contributed by atoms with Gasteiger partial charge in [0.2, 0.25) is 12.4 Å². The van der Waals surface area contributed by atoms with Gasteiger partial charge in [-0.15, -0.1) is 0 Å². The van der Waals surface area contributed by atoms with Gasteiger partial charge in [-0.1, -0.05) is 12.1 Å². The summed E-state index contributed by atoms with van der Waals surface area (Å²) >= 11 is 0. The third-order valence-corrected chi connectivity index (χ3v) is 4.24. The Bertz CT molecular complexity index is 701. The molecule has 7 nitrogen and oxygen atoms in total. The fraction of sp³-hybridized carbons (Fsp3) is 0.389. The van der Waals surface area contributed by atoms with Gasteiger partial charge in [0.05, 0.1) is 7.11 Å². The Morgan fingerprint density at radius 1 is 1.24 bits per heavy atom. The van der Waals surface area contributed by atoms with E-state index in [2.05, 4.69) is 26.3 Å². The van der Waals surface area contributed by atoms with Crippen molar-refractivity contribution in [2.75, 3.05) is 50.1 Å². The fourth-order valence-electron chi connectivity index (χ4n) is 2.79. The highest BCUT2D eigenvalue weighted by atomic mass is 16.5. The van der Waals surface area contributed by atoms with E-state index in [0.29, 0.717) is 19.0 Å². The minimum atomic E-state index is 0.705. The lowest BCUT2D eigenvalue weighted by Crippen LogP contribution is -2.46. The minimum absolute atomic E-state index is 0.705. The van der Waals surface area contributed by atoms with Crippen molar-refractivity contribution in [2.45, 2.75) is 6.42 Å². The average molecular weight is 341 g/mol. The first-order valence-electron chi connectivity index (χ1n) is 8.42. The second-order valence-corrected chi connectivity index (χ2v) is 5.90. The molecule has 0 atom stereocenters. The predicted molar refractivity (Wildman–Crippen MR) is 97.1 cm³/mol. The number of nitrogens with zero attached hydrogens (tertiary/aromatic N) is 4. The van der Waals surface area contributed by atoms with E-state index in [4.69, 9.17) is 4.74 Å². The number of hydrogen-bond acceptors (Lipinski definition) is 6. The highest BCUT2D eigenvalue weighted by Gasteiger charge is 2.17. The number of benzene rings is 1. The molecule has 3 rings (SSSR count). The van der Waals surface area contributed by atoms with E-state index < -0.39 is 0 Å².